The predicted molar refractivity (Wildman–Crippen MR) is 66.8 cm³/mol. The molecule has 0 unspecified atom stereocenters. The second-order valence-electron chi connectivity index (χ2n) is 5.84. The van der Waals surface area contributed by atoms with Gasteiger partial charge in [-0.05, 0) is 39.1 Å². The van der Waals surface area contributed by atoms with Gasteiger partial charge in [0.05, 0.1) is 0 Å². The summed E-state index contributed by atoms with van der Waals surface area (Å²) in [6, 6.07) is 0. The van der Waals surface area contributed by atoms with E-state index in [1.165, 1.54) is 12.8 Å². The summed E-state index contributed by atoms with van der Waals surface area (Å²) >= 11 is 0. The van der Waals surface area contributed by atoms with Crippen molar-refractivity contribution in [3.63, 3.8) is 0 Å². The van der Waals surface area contributed by atoms with Gasteiger partial charge in [0.1, 0.15) is 0 Å². The van der Waals surface area contributed by atoms with Crippen molar-refractivity contribution >= 4 is 7.41 Å². The highest BCUT2D eigenvalue weighted by Gasteiger charge is 2.28. The zero-order valence-corrected chi connectivity index (χ0v) is 11.1. The molecule has 0 aromatic rings. The fourth-order valence-electron chi connectivity index (χ4n) is 1.35. The van der Waals surface area contributed by atoms with Crippen LogP contribution in [0.5, 0.6) is 0 Å². The molecule has 0 bridgehead atoms. The molecule has 0 N–H and O–H groups in total. The van der Waals surface area contributed by atoms with Crippen LogP contribution in [0, 0.1) is 0 Å². The lowest BCUT2D eigenvalue weighted by Crippen LogP contribution is -2.47. The largest absolute Gasteiger partial charge is 0.342 e. The fourth-order valence-corrected chi connectivity index (χ4v) is 1.35. The molecule has 0 fully saturated rings. The van der Waals surface area contributed by atoms with Gasteiger partial charge in [0, 0.05) is 5.54 Å². The topological polar surface area (TPSA) is 3.24 Å². The Morgan fingerprint density at radius 2 is 1.50 bits per heavy atom. The molecule has 14 heavy (non-hydrogen) atoms. The van der Waals surface area contributed by atoms with Crippen molar-refractivity contribution in [1.29, 1.82) is 0 Å². The van der Waals surface area contributed by atoms with Gasteiger partial charge in [0.2, 0.25) is 7.41 Å². The fraction of sp³-hybridized carbons (Fsp3) is 1.00. The van der Waals surface area contributed by atoms with E-state index in [0.717, 1.165) is 6.54 Å². The summed E-state index contributed by atoms with van der Waals surface area (Å²) in [5.41, 5.74) is 0.252. The molecule has 0 aromatic carbocycles. The normalized spacial score (nSPS) is 13.4. The summed E-state index contributed by atoms with van der Waals surface area (Å²) in [7, 11) is 2.41. The Morgan fingerprint density at radius 3 is 1.79 bits per heavy atom. The van der Waals surface area contributed by atoms with Crippen LogP contribution in [-0.4, -0.2) is 24.3 Å². The quantitative estimate of drug-likeness (QED) is 0.605. The molecule has 0 rings (SSSR count). The summed E-state index contributed by atoms with van der Waals surface area (Å²) in [5, 5.41) is 0.322. The van der Waals surface area contributed by atoms with Crippen molar-refractivity contribution in [2.45, 2.75) is 72.2 Å². The van der Waals surface area contributed by atoms with E-state index >= 15 is 0 Å². The Bertz CT molecular complexity index is 155. The lowest BCUT2D eigenvalue weighted by Gasteiger charge is -2.40. The molecule has 83 valence electrons. The van der Waals surface area contributed by atoms with Crippen LogP contribution < -0.4 is 0 Å². The van der Waals surface area contributed by atoms with Crippen LogP contribution in [0.2, 0.25) is 5.31 Å². The monoisotopic (exact) mass is 196 g/mol. The highest BCUT2D eigenvalue weighted by atomic mass is 15.1. The van der Waals surface area contributed by atoms with Crippen molar-refractivity contribution in [3.05, 3.63) is 0 Å². The molecule has 0 atom stereocenters. The molecule has 0 saturated heterocycles. The standard InChI is InChI=1S/C12H27BN/c1-8-10-14(11(3,4)5)13-12(6,7)9-2/h8-10H2,1-7H3. The van der Waals surface area contributed by atoms with Crippen molar-refractivity contribution in [2.75, 3.05) is 6.54 Å². The van der Waals surface area contributed by atoms with E-state index in [-0.39, 0.29) is 5.54 Å². The zero-order valence-electron chi connectivity index (χ0n) is 11.1. The van der Waals surface area contributed by atoms with Gasteiger partial charge in [-0.25, -0.2) is 0 Å². The highest BCUT2D eigenvalue weighted by molar-refractivity contribution is 6.36. The molecular formula is C12H27BN. The second kappa shape index (κ2) is 5.20. The molecule has 0 amide bonds. The average Bonchev–Trinajstić information content (AvgIpc) is 2.02. The molecule has 0 aliphatic rings. The Morgan fingerprint density at radius 1 is 1.00 bits per heavy atom. The van der Waals surface area contributed by atoms with Gasteiger partial charge in [0.15, 0.2) is 0 Å². The van der Waals surface area contributed by atoms with Crippen LogP contribution >= 0.6 is 0 Å². The minimum Gasteiger partial charge on any atom is -0.342 e. The number of hydrogen-bond donors (Lipinski definition) is 0. The van der Waals surface area contributed by atoms with E-state index in [9.17, 15) is 0 Å². The first kappa shape index (κ1) is 14.0. The molecule has 0 spiro atoms. The van der Waals surface area contributed by atoms with Crippen molar-refractivity contribution in [2.24, 2.45) is 0 Å². The molecule has 0 aliphatic carbocycles. The van der Waals surface area contributed by atoms with Gasteiger partial charge in [-0.2, -0.15) is 0 Å². The summed E-state index contributed by atoms with van der Waals surface area (Å²) in [6.45, 7) is 17.1. The second-order valence-corrected chi connectivity index (χ2v) is 5.84. The Hall–Kier alpha value is 0.0249. The smallest absolute Gasteiger partial charge is 0.215 e. The highest BCUT2D eigenvalue weighted by Crippen LogP contribution is 2.30. The summed E-state index contributed by atoms with van der Waals surface area (Å²) in [6.07, 6.45) is 2.41. The Kier molecular flexibility index (Phi) is 5.21. The van der Waals surface area contributed by atoms with Crippen molar-refractivity contribution < 1.29 is 0 Å². The van der Waals surface area contributed by atoms with E-state index in [1.54, 1.807) is 0 Å². The predicted octanol–water partition coefficient (Wildman–Crippen LogP) is 3.72. The first-order valence-corrected chi connectivity index (χ1v) is 5.85. The van der Waals surface area contributed by atoms with Gasteiger partial charge in [-0.1, -0.05) is 34.1 Å². The molecule has 2 heteroatoms. The molecule has 0 aliphatic heterocycles. The SMILES string of the molecule is CCCN([B]C(C)(C)CC)C(C)(C)C. The van der Waals surface area contributed by atoms with Crippen LogP contribution in [0.25, 0.3) is 0 Å². The van der Waals surface area contributed by atoms with Crippen molar-refractivity contribution in [3.8, 4) is 0 Å². The lowest BCUT2D eigenvalue weighted by molar-refractivity contribution is 0.246. The molecule has 0 heterocycles. The lowest BCUT2D eigenvalue weighted by atomic mass is 9.58. The van der Waals surface area contributed by atoms with Crippen LogP contribution in [0.3, 0.4) is 0 Å². The number of rotatable bonds is 5. The van der Waals surface area contributed by atoms with Gasteiger partial charge < -0.3 is 4.81 Å². The maximum atomic E-state index is 2.48. The van der Waals surface area contributed by atoms with Crippen LogP contribution in [0.1, 0.15) is 61.3 Å². The maximum Gasteiger partial charge on any atom is 0.215 e. The molecule has 0 aromatic heterocycles. The molecular weight excluding hydrogens is 169 g/mol. The van der Waals surface area contributed by atoms with E-state index < -0.39 is 0 Å². The Balaban J connectivity index is 4.38. The van der Waals surface area contributed by atoms with E-state index in [1.807, 2.05) is 0 Å². The molecule has 1 nitrogen and oxygen atoms in total. The minimum absolute atomic E-state index is 0.252. The third-order valence-electron chi connectivity index (χ3n) is 2.74. The van der Waals surface area contributed by atoms with Crippen molar-refractivity contribution in [1.82, 2.24) is 4.81 Å². The third kappa shape index (κ3) is 5.04. The first-order chi connectivity index (χ1) is 6.23. The summed E-state index contributed by atoms with van der Waals surface area (Å²) in [4.78, 5) is 2.48. The van der Waals surface area contributed by atoms with Gasteiger partial charge in [-0.3, -0.25) is 0 Å². The van der Waals surface area contributed by atoms with E-state index in [4.69, 9.17) is 0 Å². The van der Waals surface area contributed by atoms with Gasteiger partial charge in [-0.15, -0.1) is 0 Å². The number of hydrogen-bond acceptors (Lipinski definition) is 1. The third-order valence-corrected chi connectivity index (χ3v) is 2.74. The maximum absolute atomic E-state index is 2.48. The van der Waals surface area contributed by atoms with Gasteiger partial charge in [0.25, 0.3) is 0 Å². The first-order valence-electron chi connectivity index (χ1n) is 5.85. The molecule has 0 saturated carbocycles. The summed E-state index contributed by atoms with van der Waals surface area (Å²) in [5.74, 6) is 0. The van der Waals surface area contributed by atoms with Gasteiger partial charge >= 0.3 is 0 Å². The Labute approximate surface area is 91.5 Å². The van der Waals surface area contributed by atoms with E-state index in [0.29, 0.717) is 5.31 Å². The number of nitrogens with zero attached hydrogens (tertiary/aromatic N) is 1. The average molecular weight is 196 g/mol. The van der Waals surface area contributed by atoms with Crippen LogP contribution in [0.15, 0.2) is 0 Å². The van der Waals surface area contributed by atoms with Crippen LogP contribution in [0.4, 0.5) is 0 Å². The molecule has 1 radical (unpaired) electrons. The van der Waals surface area contributed by atoms with E-state index in [2.05, 4.69) is 60.7 Å². The van der Waals surface area contributed by atoms with Crippen LogP contribution in [-0.2, 0) is 0 Å². The zero-order chi connectivity index (χ0) is 11.4. The summed E-state index contributed by atoms with van der Waals surface area (Å²) < 4.78 is 0. The minimum atomic E-state index is 0.252.